The highest BCUT2D eigenvalue weighted by Crippen LogP contribution is 2.21. The summed E-state index contributed by atoms with van der Waals surface area (Å²) < 4.78 is 20.3. The van der Waals surface area contributed by atoms with Gasteiger partial charge in [-0.2, -0.15) is 0 Å². The molecule has 232 valence electrons. The average Bonchev–Trinajstić information content (AvgIpc) is 2.95. The molecule has 1 amide bonds. The maximum Gasteiger partial charge on any atom is 0.309 e. The normalized spacial score (nSPS) is 12.8. The number of nitrogens with one attached hydrogen (secondary N) is 1. The van der Waals surface area contributed by atoms with Crippen LogP contribution in [0.5, 0.6) is 0 Å². The number of carbonyl (C=O) groups is 6. The first-order valence-electron chi connectivity index (χ1n) is 14.1. The van der Waals surface area contributed by atoms with Gasteiger partial charge in [0.2, 0.25) is 5.91 Å². The summed E-state index contributed by atoms with van der Waals surface area (Å²) in [6.45, 7) is 10.5. The van der Waals surface area contributed by atoms with E-state index in [1.807, 2.05) is 6.07 Å². The maximum absolute atomic E-state index is 13.4. The fourth-order valence-corrected chi connectivity index (χ4v) is 3.97. The van der Waals surface area contributed by atoms with Crippen LogP contribution in [0.25, 0.3) is 0 Å². The van der Waals surface area contributed by atoms with Crippen molar-refractivity contribution in [3.05, 3.63) is 48.6 Å². The van der Waals surface area contributed by atoms with Gasteiger partial charge in [0.1, 0.15) is 13.2 Å². The molecule has 0 saturated heterocycles. The van der Waals surface area contributed by atoms with Gasteiger partial charge in [-0.3, -0.25) is 28.8 Å². The molecule has 42 heavy (non-hydrogen) atoms. The quantitative estimate of drug-likeness (QED) is 0.136. The molecule has 1 aromatic carbocycles. The molecule has 0 aliphatic heterocycles. The number of ketones is 1. The Hall–Kier alpha value is -4.02. The fourth-order valence-electron chi connectivity index (χ4n) is 3.97. The molecule has 0 aliphatic rings. The van der Waals surface area contributed by atoms with E-state index in [1.165, 1.54) is 6.08 Å². The Balaban J connectivity index is 3.10. The van der Waals surface area contributed by atoms with Gasteiger partial charge < -0.3 is 24.3 Å². The van der Waals surface area contributed by atoms with Crippen LogP contribution >= 0.6 is 0 Å². The lowest BCUT2D eigenvalue weighted by atomic mass is 9.87. The molecule has 1 rings (SSSR count). The van der Waals surface area contributed by atoms with Gasteiger partial charge in [-0.25, -0.2) is 0 Å². The van der Waals surface area contributed by atoms with Crippen molar-refractivity contribution in [3.63, 3.8) is 0 Å². The molecule has 11 nitrogen and oxygen atoms in total. The van der Waals surface area contributed by atoms with Crippen molar-refractivity contribution < 1.29 is 47.7 Å². The molecule has 11 heteroatoms. The third kappa shape index (κ3) is 14.0. The molecular formula is C31H43NO10. The Morgan fingerprint density at radius 2 is 1.43 bits per heavy atom. The summed E-state index contributed by atoms with van der Waals surface area (Å²) in [7, 11) is 0. The number of amides is 1. The van der Waals surface area contributed by atoms with Gasteiger partial charge in [0.15, 0.2) is 5.78 Å². The summed E-state index contributed by atoms with van der Waals surface area (Å²) in [6, 6.07) is 7.74. The van der Waals surface area contributed by atoms with E-state index in [2.05, 4.69) is 11.9 Å². The number of carbonyl (C=O) groups excluding carboxylic acids is 6. The Labute approximate surface area is 247 Å². The molecular weight excluding hydrogens is 546 g/mol. The molecule has 0 aliphatic carbocycles. The molecule has 0 aromatic heterocycles. The molecule has 0 heterocycles. The molecule has 0 bridgehead atoms. The van der Waals surface area contributed by atoms with Crippen LogP contribution in [0.3, 0.4) is 0 Å². The van der Waals surface area contributed by atoms with E-state index in [1.54, 1.807) is 52.0 Å². The van der Waals surface area contributed by atoms with Crippen molar-refractivity contribution in [1.82, 2.24) is 5.32 Å². The highest BCUT2D eigenvalue weighted by Gasteiger charge is 2.33. The Morgan fingerprint density at radius 1 is 0.833 bits per heavy atom. The summed E-state index contributed by atoms with van der Waals surface area (Å²) in [5.74, 6) is -6.12. The maximum atomic E-state index is 13.4. The second kappa shape index (κ2) is 20.0. The predicted octanol–water partition coefficient (Wildman–Crippen LogP) is 3.48. The monoisotopic (exact) mass is 589 g/mol. The molecule has 1 N–H and O–H groups in total. The van der Waals surface area contributed by atoms with Crippen LogP contribution in [0, 0.1) is 17.8 Å². The van der Waals surface area contributed by atoms with Crippen molar-refractivity contribution in [2.24, 2.45) is 17.8 Å². The Bertz CT molecular complexity index is 1050. The number of hydrogen-bond donors (Lipinski definition) is 1. The molecule has 0 fully saturated rings. The minimum absolute atomic E-state index is 0.0187. The Morgan fingerprint density at radius 3 is 2.00 bits per heavy atom. The van der Waals surface area contributed by atoms with Crippen LogP contribution in [-0.2, 0) is 54.3 Å². The van der Waals surface area contributed by atoms with Crippen molar-refractivity contribution in [2.45, 2.75) is 72.4 Å². The van der Waals surface area contributed by atoms with Gasteiger partial charge in [-0.1, -0.05) is 56.8 Å². The van der Waals surface area contributed by atoms with Gasteiger partial charge in [-0.15, -0.1) is 0 Å². The van der Waals surface area contributed by atoms with E-state index in [0.29, 0.717) is 0 Å². The molecule has 0 radical (unpaired) electrons. The molecule has 3 atom stereocenters. The average molecular weight is 590 g/mol. The highest BCUT2D eigenvalue weighted by atomic mass is 16.5. The first-order valence-corrected chi connectivity index (χ1v) is 14.1. The minimum atomic E-state index is -1.20. The topological polar surface area (TPSA) is 151 Å². The van der Waals surface area contributed by atoms with Crippen molar-refractivity contribution in [2.75, 3.05) is 19.8 Å². The van der Waals surface area contributed by atoms with E-state index < -0.39 is 66.3 Å². The van der Waals surface area contributed by atoms with E-state index in [4.69, 9.17) is 18.9 Å². The zero-order chi connectivity index (χ0) is 31.5. The molecule has 1 aromatic rings. The minimum Gasteiger partial charge on any atom is -0.466 e. The van der Waals surface area contributed by atoms with Crippen LogP contribution < -0.4 is 5.32 Å². The lowest BCUT2D eigenvalue weighted by Crippen LogP contribution is -2.46. The number of benzene rings is 1. The second-order valence-corrected chi connectivity index (χ2v) is 9.90. The third-order valence-corrected chi connectivity index (χ3v) is 6.26. The summed E-state index contributed by atoms with van der Waals surface area (Å²) in [4.78, 5) is 76.3. The summed E-state index contributed by atoms with van der Waals surface area (Å²) in [5.41, 5.74) is 0.744. The summed E-state index contributed by atoms with van der Waals surface area (Å²) in [5, 5.41) is 2.59. The fraction of sp³-hybridized carbons (Fsp3) is 0.548. The number of Topliss-reactive ketones (excluding diaryl/α,β-unsaturated/α-hetero) is 1. The lowest BCUT2D eigenvalue weighted by Gasteiger charge is -2.24. The predicted molar refractivity (Wildman–Crippen MR) is 153 cm³/mol. The number of rotatable bonds is 20. The first-order chi connectivity index (χ1) is 20.0. The van der Waals surface area contributed by atoms with Gasteiger partial charge in [-0.05, 0) is 31.7 Å². The second-order valence-electron chi connectivity index (χ2n) is 9.90. The smallest absolute Gasteiger partial charge is 0.309 e. The standard InChI is InChI=1S/C31H43NO10/c1-6-16-41-31(38)24(21(4)5)19-26(33)25(14-15-27(34)39-7-2)32-30(37)23(17-28(35)40-8-3)18-29(36)42-20-22-12-10-9-11-13-22/h6,9-13,21,23-25H,1,7-8,14-20H2,2-5H3,(H,32,37)/t23-,24+,25+/m1/s1. The zero-order valence-electron chi connectivity index (χ0n) is 24.9. The molecule has 0 spiro atoms. The highest BCUT2D eigenvalue weighted by molar-refractivity contribution is 5.94. The van der Waals surface area contributed by atoms with Crippen LogP contribution in [0.2, 0.25) is 0 Å². The first kappa shape index (κ1) is 36.0. The van der Waals surface area contributed by atoms with Gasteiger partial charge in [0.05, 0.1) is 43.9 Å². The van der Waals surface area contributed by atoms with E-state index in [0.717, 1.165) is 5.56 Å². The SMILES string of the molecule is C=CCOC(=O)[C@@H](CC(=O)[C@H](CCC(=O)OCC)NC(=O)[C@H](CC(=O)OCC)CC(=O)OCc1ccccc1)C(C)C. The number of esters is 4. The molecule has 0 unspecified atom stereocenters. The number of hydrogen-bond acceptors (Lipinski definition) is 10. The van der Waals surface area contributed by atoms with Crippen LogP contribution in [-0.4, -0.2) is 61.4 Å². The van der Waals surface area contributed by atoms with Crippen molar-refractivity contribution in [1.29, 1.82) is 0 Å². The van der Waals surface area contributed by atoms with E-state index >= 15 is 0 Å². The van der Waals surface area contributed by atoms with Gasteiger partial charge in [0, 0.05) is 12.8 Å². The van der Waals surface area contributed by atoms with Crippen LogP contribution in [0.15, 0.2) is 43.0 Å². The van der Waals surface area contributed by atoms with Crippen molar-refractivity contribution in [3.8, 4) is 0 Å². The zero-order valence-corrected chi connectivity index (χ0v) is 24.9. The van der Waals surface area contributed by atoms with E-state index in [9.17, 15) is 28.8 Å². The van der Waals surface area contributed by atoms with Crippen molar-refractivity contribution >= 4 is 35.6 Å². The molecule has 0 saturated carbocycles. The third-order valence-electron chi connectivity index (χ3n) is 6.26. The lowest BCUT2D eigenvalue weighted by molar-refractivity contribution is -0.152. The van der Waals surface area contributed by atoms with Crippen LogP contribution in [0.4, 0.5) is 0 Å². The summed E-state index contributed by atoms with van der Waals surface area (Å²) in [6.07, 6.45) is -0.0167. The largest absolute Gasteiger partial charge is 0.466 e. The number of ether oxygens (including phenoxy) is 4. The van der Waals surface area contributed by atoms with Gasteiger partial charge in [0.25, 0.3) is 0 Å². The van der Waals surface area contributed by atoms with E-state index in [-0.39, 0.29) is 51.6 Å². The van der Waals surface area contributed by atoms with Crippen LogP contribution in [0.1, 0.15) is 65.4 Å². The van der Waals surface area contributed by atoms with Gasteiger partial charge >= 0.3 is 23.9 Å². The Kier molecular flexibility index (Phi) is 17.1. The summed E-state index contributed by atoms with van der Waals surface area (Å²) >= 11 is 0.